The average molecular weight is 379 g/mol. The zero-order chi connectivity index (χ0) is 20.1. The molecule has 7 nitrogen and oxygen atoms in total. The molecule has 3 rings (SSSR count). The highest BCUT2D eigenvalue weighted by atomic mass is 16.1. The summed E-state index contributed by atoms with van der Waals surface area (Å²) < 4.78 is 1.72. The van der Waals surface area contributed by atoms with Crippen molar-refractivity contribution in [1.82, 2.24) is 19.9 Å². The number of benzene rings is 1. The molecule has 146 valence electrons. The highest BCUT2D eigenvalue weighted by Gasteiger charge is 2.20. The lowest BCUT2D eigenvalue weighted by molar-refractivity contribution is -0.120. The maximum Gasteiger partial charge on any atom is 0.274 e. The van der Waals surface area contributed by atoms with E-state index in [0.717, 1.165) is 12.0 Å². The predicted molar refractivity (Wildman–Crippen MR) is 111 cm³/mol. The van der Waals surface area contributed by atoms with Crippen molar-refractivity contribution in [2.24, 2.45) is 0 Å². The second kappa shape index (κ2) is 8.65. The number of nitrogens with zero attached hydrogens (tertiary/aromatic N) is 3. The number of hydrogen-bond acceptors (Lipinski definition) is 5. The van der Waals surface area contributed by atoms with Gasteiger partial charge in [0, 0.05) is 26.9 Å². The number of carbonyl (C=O) groups is 1. The summed E-state index contributed by atoms with van der Waals surface area (Å²) in [6.07, 6.45) is 1.23. The number of aryl methyl sites for hydroxylation is 1. The van der Waals surface area contributed by atoms with E-state index in [4.69, 9.17) is 0 Å². The van der Waals surface area contributed by atoms with Crippen LogP contribution in [0.3, 0.4) is 0 Å². The molecule has 0 fully saturated rings. The summed E-state index contributed by atoms with van der Waals surface area (Å²) in [6, 6.07) is 13.4. The van der Waals surface area contributed by atoms with Gasteiger partial charge in [-0.1, -0.05) is 37.3 Å². The number of rotatable bonds is 7. The van der Waals surface area contributed by atoms with E-state index in [1.807, 2.05) is 49.4 Å². The molecule has 2 N–H and O–H groups in total. The number of amides is 1. The minimum atomic E-state index is -0.201. The van der Waals surface area contributed by atoms with Crippen molar-refractivity contribution >= 4 is 22.9 Å². The van der Waals surface area contributed by atoms with Crippen molar-refractivity contribution in [2.75, 3.05) is 19.4 Å². The molecule has 1 atom stereocenters. The van der Waals surface area contributed by atoms with Gasteiger partial charge in [-0.15, -0.1) is 0 Å². The molecule has 3 aromatic rings. The van der Waals surface area contributed by atoms with Gasteiger partial charge in [-0.05, 0) is 24.1 Å². The number of fused-ring (bicyclic) bond motifs is 1. The summed E-state index contributed by atoms with van der Waals surface area (Å²) in [5.41, 5.74) is 2.39. The second-order valence-electron chi connectivity index (χ2n) is 6.53. The Labute approximate surface area is 163 Å². The zero-order valence-electron chi connectivity index (χ0n) is 16.4. The Kier molecular flexibility index (Phi) is 6.03. The van der Waals surface area contributed by atoms with Crippen LogP contribution in [0.15, 0.2) is 47.3 Å². The van der Waals surface area contributed by atoms with Gasteiger partial charge in [0.05, 0.1) is 6.04 Å². The molecule has 0 bridgehead atoms. The first-order valence-electron chi connectivity index (χ1n) is 9.44. The first kappa shape index (κ1) is 19.5. The van der Waals surface area contributed by atoms with Gasteiger partial charge in [0.25, 0.3) is 5.56 Å². The molecule has 1 aromatic carbocycles. The summed E-state index contributed by atoms with van der Waals surface area (Å²) in [7, 11) is 3.37. The number of hydrogen-bond donors (Lipinski definition) is 2. The van der Waals surface area contributed by atoms with Gasteiger partial charge in [-0.3, -0.25) is 14.2 Å². The van der Waals surface area contributed by atoms with E-state index in [1.54, 1.807) is 18.7 Å². The molecular weight excluding hydrogens is 354 g/mol. The van der Waals surface area contributed by atoms with Crippen LogP contribution in [0.5, 0.6) is 0 Å². The minimum absolute atomic E-state index is 0.119. The molecular formula is C21H25N5O2. The third kappa shape index (κ3) is 3.88. The van der Waals surface area contributed by atoms with E-state index >= 15 is 0 Å². The Hall–Kier alpha value is -3.22. The molecule has 0 spiro atoms. The van der Waals surface area contributed by atoms with Crippen LogP contribution in [0.1, 0.15) is 37.1 Å². The molecule has 0 aliphatic heterocycles. The van der Waals surface area contributed by atoms with Crippen LogP contribution in [0.25, 0.3) is 11.2 Å². The molecule has 7 heteroatoms. The predicted octanol–water partition coefficient (Wildman–Crippen LogP) is 2.51. The maximum atomic E-state index is 13.4. The fourth-order valence-corrected chi connectivity index (χ4v) is 3.32. The van der Waals surface area contributed by atoms with Crippen molar-refractivity contribution in [1.29, 1.82) is 0 Å². The third-order valence-electron chi connectivity index (χ3n) is 4.81. The molecule has 2 aromatic heterocycles. The molecule has 0 saturated carbocycles. The van der Waals surface area contributed by atoms with Gasteiger partial charge in [0.1, 0.15) is 17.0 Å². The Morgan fingerprint density at radius 1 is 1.11 bits per heavy atom. The van der Waals surface area contributed by atoms with Crippen molar-refractivity contribution in [3.05, 3.63) is 64.1 Å². The second-order valence-corrected chi connectivity index (χ2v) is 6.53. The number of anilines is 1. The SMILES string of the molecule is CC[C@@H](c1ccccc1)n1c(=O)c(CCC(=O)NC)nc2ccc(NC)nc21. The molecule has 1 amide bonds. The van der Waals surface area contributed by atoms with E-state index < -0.39 is 0 Å². The van der Waals surface area contributed by atoms with Crippen molar-refractivity contribution in [3.8, 4) is 0 Å². The Bertz CT molecular complexity index is 1030. The first-order chi connectivity index (χ1) is 13.6. The summed E-state index contributed by atoms with van der Waals surface area (Å²) in [5.74, 6) is 0.551. The number of nitrogens with one attached hydrogen (secondary N) is 2. The summed E-state index contributed by atoms with van der Waals surface area (Å²) in [5, 5.41) is 5.60. The van der Waals surface area contributed by atoms with Gasteiger partial charge in [-0.2, -0.15) is 0 Å². The molecule has 0 aliphatic carbocycles. The van der Waals surface area contributed by atoms with E-state index in [0.29, 0.717) is 22.7 Å². The maximum absolute atomic E-state index is 13.4. The topological polar surface area (TPSA) is 88.9 Å². The smallest absolute Gasteiger partial charge is 0.274 e. The number of aromatic nitrogens is 3. The van der Waals surface area contributed by atoms with Crippen molar-refractivity contribution in [2.45, 2.75) is 32.2 Å². The summed E-state index contributed by atoms with van der Waals surface area (Å²) in [6.45, 7) is 2.04. The van der Waals surface area contributed by atoms with E-state index in [2.05, 4.69) is 20.6 Å². The van der Waals surface area contributed by atoms with Gasteiger partial charge in [-0.25, -0.2) is 9.97 Å². The molecule has 0 saturated heterocycles. The molecule has 28 heavy (non-hydrogen) atoms. The number of carbonyl (C=O) groups excluding carboxylic acids is 1. The lowest BCUT2D eigenvalue weighted by atomic mass is 10.0. The van der Waals surface area contributed by atoms with E-state index in [1.165, 1.54) is 0 Å². The summed E-state index contributed by atoms with van der Waals surface area (Å²) in [4.78, 5) is 34.2. The largest absolute Gasteiger partial charge is 0.373 e. The van der Waals surface area contributed by atoms with Gasteiger partial charge in [0.2, 0.25) is 5.91 Å². The van der Waals surface area contributed by atoms with Crippen LogP contribution >= 0.6 is 0 Å². The lowest BCUT2D eigenvalue weighted by Gasteiger charge is -2.21. The van der Waals surface area contributed by atoms with Crippen LogP contribution in [0, 0.1) is 0 Å². The Morgan fingerprint density at radius 2 is 1.86 bits per heavy atom. The van der Waals surface area contributed by atoms with Crippen LogP contribution in [0.2, 0.25) is 0 Å². The lowest BCUT2D eigenvalue weighted by Crippen LogP contribution is -2.31. The third-order valence-corrected chi connectivity index (χ3v) is 4.81. The van der Waals surface area contributed by atoms with E-state index in [-0.39, 0.29) is 30.3 Å². The van der Waals surface area contributed by atoms with Crippen LogP contribution in [-0.2, 0) is 11.2 Å². The molecule has 2 heterocycles. The quantitative estimate of drug-likeness (QED) is 0.658. The molecule has 0 aliphatic rings. The number of pyridine rings is 1. The highest BCUT2D eigenvalue weighted by molar-refractivity contribution is 5.76. The van der Waals surface area contributed by atoms with Gasteiger partial charge < -0.3 is 10.6 Å². The van der Waals surface area contributed by atoms with Crippen LogP contribution in [0.4, 0.5) is 5.82 Å². The van der Waals surface area contributed by atoms with Crippen LogP contribution < -0.4 is 16.2 Å². The fraction of sp³-hybridized carbons (Fsp3) is 0.333. The van der Waals surface area contributed by atoms with Crippen molar-refractivity contribution < 1.29 is 4.79 Å². The molecule has 0 unspecified atom stereocenters. The average Bonchev–Trinajstić information content (AvgIpc) is 2.74. The van der Waals surface area contributed by atoms with Gasteiger partial charge in [0.15, 0.2) is 5.65 Å². The standard InChI is InChI=1S/C21H25N5O2/c1-4-17(14-8-6-5-7-9-14)26-20-15(10-12-18(22-2)25-20)24-16(21(26)28)11-13-19(27)23-3/h5-10,12,17H,4,11,13H2,1-3H3,(H,22,25)(H,23,27)/t17-/m0/s1. The van der Waals surface area contributed by atoms with E-state index in [9.17, 15) is 9.59 Å². The Balaban J connectivity index is 2.22. The Morgan fingerprint density at radius 3 is 2.50 bits per heavy atom. The van der Waals surface area contributed by atoms with Crippen molar-refractivity contribution in [3.63, 3.8) is 0 Å². The normalized spacial score (nSPS) is 12.0. The first-order valence-corrected chi connectivity index (χ1v) is 9.44. The van der Waals surface area contributed by atoms with Gasteiger partial charge >= 0.3 is 0 Å². The minimum Gasteiger partial charge on any atom is -0.373 e. The highest BCUT2D eigenvalue weighted by Crippen LogP contribution is 2.24. The fourth-order valence-electron chi connectivity index (χ4n) is 3.32. The zero-order valence-corrected chi connectivity index (χ0v) is 16.4. The molecule has 0 radical (unpaired) electrons. The van der Waals surface area contributed by atoms with Crippen LogP contribution in [-0.4, -0.2) is 34.5 Å². The monoisotopic (exact) mass is 379 g/mol. The summed E-state index contributed by atoms with van der Waals surface area (Å²) >= 11 is 0.